The van der Waals surface area contributed by atoms with Gasteiger partial charge in [-0.1, -0.05) is 19.2 Å². The SMILES string of the molecule is C=C/C=c1\c(=C)occ(C(C)=O)c1=O. The lowest BCUT2D eigenvalue weighted by molar-refractivity contribution is 0.101. The molecule has 0 spiro atoms. The Morgan fingerprint density at radius 1 is 1.57 bits per heavy atom. The Morgan fingerprint density at radius 2 is 2.21 bits per heavy atom. The lowest BCUT2D eigenvalue weighted by atomic mass is 10.2. The van der Waals surface area contributed by atoms with Gasteiger partial charge in [0.05, 0.1) is 5.22 Å². The Labute approximate surface area is 80.7 Å². The van der Waals surface area contributed by atoms with Crippen molar-refractivity contribution >= 4 is 18.4 Å². The number of rotatable bonds is 2. The zero-order chi connectivity index (χ0) is 10.7. The van der Waals surface area contributed by atoms with Crippen molar-refractivity contribution in [1.29, 1.82) is 0 Å². The molecule has 3 nitrogen and oxygen atoms in total. The van der Waals surface area contributed by atoms with Gasteiger partial charge in [0.25, 0.3) is 0 Å². The third-order valence-corrected chi connectivity index (χ3v) is 1.77. The fraction of sp³-hybridized carbons (Fsp3) is 0.0909. The molecule has 0 unspecified atom stereocenters. The number of hydrogen-bond donors (Lipinski definition) is 0. The first-order valence-electron chi connectivity index (χ1n) is 4.02. The van der Waals surface area contributed by atoms with Crippen LogP contribution in [0.1, 0.15) is 17.3 Å². The molecular weight excluding hydrogens is 180 g/mol. The van der Waals surface area contributed by atoms with Gasteiger partial charge in [-0.05, 0) is 13.0 Å². The van der Waals surface area contributed by atoms with Crippen molar-refractivity contribution in [2.45, 2.75) is 6.92 Å². The number of Topliss-reactive ketones (excluding diaryl/α,β-unsaturated/α-hetero) is 1. The Bertz CT molecular complexity index is 535. The Balaban J connectivity index is 3.76. The van der Waals surface area contributed by atoms with E-state index in [-0.39, 0.29) is 27.4 Å². The standard InChI is InChI=1S/C11H10O3/c1-4-5-9-8(3)14-6-10(7(2)12)11(9)13/h4-6H,1,3H2,2H3/b9-5+. The van der Waals surface area contributed by atoms with E-state index in [2.05, 4.69) is 13.2 Å². The Kier molecular flexibility index (Phi) is 2.82. The third-order valence-electron chi connectivity index (χ3n) is 1.77. The van der Waals surface area contributed by atoms with Gasteiger partial charge in [0.1, 0.15) is 17.2 Å². The molecule has 0 aliphatic carbocycles. The highest BCUT2D eigenvalue weighted by Crippen LogP contribution is 1.86. The van der Waals surface area contributed by atoms with Crippen LogP contribution in [-0.4, -0.2) is 5.78 Å². The maximum absolute atomic E-state index is 11.6. The van der Waals surface area contributed by atoms with Crippen LogP contribution in [0.25, 0.3) is 12.7 Å². The molecule has 0 aliphatic rings. The van der Waals surface area contributed by atoms with Crippen molar-refractivity contribution in [3.05, 3.63) is 45.3 Å². The number of allylic oxidation sites excluding steroid dienone is 1. The smallest absolute Gasteiger partial charge is 0.203 e. The minimum absolute atomic E-state index is 0.0329. The molecule has 0 radical (unpaired) electrons. The van der Waals surface area contributed by atoms with Crippen LogP contribution in [0.3, 0.4) is 0 Å². The molecule has 0 bridgehead atoms. The molecule has 1 rings (SSSR count). The van der Waals surface area contributed by atoms with Crippen molar-refractivity contribution in [2.24, 2.45) is 0 Å². The maximum Gasteiger partial charge on any atom is 0.203 e. The Hall–Kier alpha value is -1.90. The normalized spacial score (nSPS) is 11.4. The van der Waals surface area contributed by atoms with Crippen LogP contribution in [0.5, 0.6) is 0 Å². The van der Waals surface area contributed by atoms with Crippen molar-refractivity contribution in [3.63, 3.8) is 0 Å². The molecule has 14 heavy (non-hydrogen) atoms. The summed E-state index contributed by atoms with van der Waals surface area (Å²) in [5.41, 5.74) is -0.0981. The van der Waals surface area contributed by atoms with Crippen LogP contribution < -0.4 is 16.1 Å². The average Bonchev–Trinajstić information content (AvgIpc) is 2.11. The first-order chi connectivity index (χ1) is 6.57. The van der Waals surface area contributed by atoms with E-state index in [1.165, 1.54) is 19.1 Å². The zero-order valence-corrected chi connectivity index (χ0v) is 7.87. The summed E-state index contributed by atoms with van der Waals surface area (Å²) >= 11 is 0. The van der Waals surface area contributed by atoms with Gasteiger partial charge in [0.15, 0.2) is 5.78 Å². The molecule has 0 atom stereocenters. The first-order valence-corrected chi connectivity index (χ1v) is 4.02. The number of hydrogen-bond acceptors (Lipinski definition) is 3. The molecule has 0 aromatic carbocycles. The van der Waals surface area contributed by atoms with E-state index in [9.17, 15) is 9.59 Å². The van der Waals surface area contributed by atoms with E-state index in [0.29, 0.717) is 0 Å². The molecule has 0 saturated heterocycles. The van der Waals surface area contributed by atoms with E-state index >= 15 is 0 Å². The van der Waals surface area contributed by atoms with Gasteiger partial charge >= 0.3 is 0 Å². The fourth-order valence-corrected chi connectivity index (χ4v) is 1.05. The molecule has 0 fully saturated rings. The van der Waals surface area contributed by atoms with Crippen LogP contribution in [0.4, 0.5) is 0 Å². The summed E-state index contributed by atoms with van der Waals surface area (Å²) in [6.45, 7) is 8.32. The first kappa shape index (κ1) is 10.2. The molecule has 3 heteroatoms. The van der Waals surface area contributed by atoms with Gasteiger partial charge in [-0.2, -0.15) is 0 Å². The molecule has 72 valence electrons. The summed E-state index contributed by atoms with van der Waals surface area (Å²) in [4.78, 5) is 22.6. The molecule has 0 saturated carbocycles. The van der Waals surface area contributed by atoms with E-state index in [1.807, 2.05) is 0 Å². The summed E-state index contributed by atoms with van der Waals surface area (Å²) in [5, 5.41) is 0.271. The molecule has 0 aliphatic heterocycles. The summed E-state index contributed by atoms with van der Waals surface area (Å²) < 4.78 is 4.97. The fourth-order valence-electron chi connectivity index (χ4n) is 1.05. The van der Waals surface area contributed by atoms with E-state index < -0.39 is 0 Å². The third kappa shape index (κ3) is 1.71. The van der Waals surface area contributed by atoms with Crippen LogP contribution in [-0.2, 0) is 0 Å². The predicted octanol–water partition coefficient (Wildman–Crippen LogP) is 0.219. The second-order valence-corrected chi connectivity index (χ2v) is 2.77. The van der Waals surface area contributed by atoms with Crippen molar-refractivity contribution < 1.29 is 9.21 Å². The summed E-state index contributed by atoms with van der Waals surface area (Å²) in [6, 6.07) is 0. The lowest BCUT2D eigenvalue weighted by Crippen LogP contribution is -2.40. The summed E-state index contributed by atoms with van der Waals surface area (Å²) in [5.74, 6) is -0.322. The predicted molar refractivity (Wildman–Crippen MR) is 54.4 cm³/mol. The van der Waals surface area contributed by atoms with E-state index in [1.54, 1.807) is 0 Å². The minimum atomic E-state index is -0.367. The van der Waals surface area contributed by atoms with Crippen molar-refractivity contribution in [2.75, 3.05) is 0 Å². The zero-order valence-electron chi connectivity index (χ0n) is 7.87. The second kappa shape index (κ2) is 3.87. The highest BCUT2D eigenvalue weighted by atomic mass is 16.3. The van der Waals surface area contributed by atoms with E-state index in [0.717, 1.165) is 6.26 Å². The maximum atomic E-state index is 11.6. The molecule has 1 aromatic rings. The number of ketones is 1. The largest absolute Gasteiger partial charge is 0.464 e. The second-order valence-electron chi connectivity index (χ2n) is 2.77. The molecule has 1 aromatic heterocycles. The highest BCUT2D eigenvalue weighted by molar-refractivity contribution is 5.93. The number of carbonyl (C=O) groups excluding carboxylic acids is 1. The highest BCUT2D eigenvalue weighted by Gasteiger charge is 2.06. The van der Waals surface area contributed by atoms with Crippen LogP contribution >= 0.6 is 0 Å². The molecular formula is C11H10O3. The average molecular weight is 190 g/mol. The molecule has 0 N–H and O–H groups in total. The van der Waals surface area contributed by atoms with Gasteiger partial charge in [-0.15, -0.1) is 0 Å². The number of carbonyl (C=O) groups is 1. The van der Waals surface area contributed by atoms with Gasteiger partial charge < -0.3 is 4.42 Å². The van der Waals surface area contributed by atoms with Crippen LogP contribution in [0.15, 0.2) is 28.1 Å². The quantitative estimate of drug-likeness (QED) is 0.627. The summed E-state index contributed by atoms with van der Waals surface area (Å²) in [7, 11) is 0. The van der Waals surface area contributed by atoms with Crippen LogP contribution in [0, 0.1) is 0 Å². The topological polar surface area (TPSA) is 47.3 Å². The monoisotopic (exact) mass is 190 g/mol. The van der Waals surface area contributed by atoms with Crippen LogP contribution in [0.2, 0.25) is 0 Å². The lowest BCUT2D eigenvalue weighted by Gasteiger charge is -1.93. The Morgan fingerprint density at radius 3 is 2.71 bits per heavy atom. The van der Waals surface area contributed by atoms with Gasteiger partial charge in [-0.3, -0.25) is 9.59 Å². The van der Waals surface area contributed by atoms with Crippen molar-refractivity contribution in [3.8, 4) is 0 Å². The van der Waals surface area contributed by atoms with Gasteiger partial charge in [0, 0.05) is 0 Å². The van der Waals surface area contributed by atoms with Gasteiger partial charge in [0.2, 0.25) is 5.43 Å². The van der Waals surface area contributed by atoms with E-state index in [4.69, 9.17) is 4.42 Å². The van der Waals surface area contributed by atoms with Crippen molar-refractivity contribution in [1.82, 2.24) is 0 Å². The minimum Gasteiger partial charge on any atom is -0.464 e. The molecule has 0 amide bonds. The summed E-state index contributed by atoms with van der Waals surface area (Å²) in [6.07, 6.45) is 4.05. The molecule has 1 heterocycles. The van der Waals surface area contributed by atoms with Gasteiger partial charge in [-0.25, -0.2) is 0 Å².